The van der Waals surface area contributed by atoms with E-state index < -0.39 is 0 Å². The third-order valence-corrected chi connectivity index (χ3v) is 4.77. The standard InChI is InChI=1S/C13H23N3OS/c1-13(2,3)9-5-7-16(8-6-9)12-10(17-4)11(14)15-18-12/h9H,5-8H2,1-4H3,(H2,14,15). The molecule has 0 radical (unpaired) electrons. The van der Waals surface area contributed by atoms with Crippen molar-refractivity contribution in [2.75, 3.05) is 30.8 Å². The van der Waals surface area contributed by atoms with Crippen molar-refractivity contribution in [3.05, 3.63) is 0 Å². The zero-order chi connectivity index (χ0) is 13.3. The van der Waals surface area contributed by atoms with E-state index >= 15 is 0 Å². The van der Waals surface area contributed by atoms with Gasteiger partial charge in [0.1, 0.15) is 0 Å². The molecule has 0 amide bonds. The lowest BCUT2D eigenvalue weighted by Gasteiger charge is -2.39. The van der Waals surface area contributed by atoms with Gasteiger partial charge in [0.05, 0.1) is 7.11 Å². The summed E-state index contributed by atoms with van der Waals surface area (Å²) in [5, 5.41) is 1.09. The number of anilines is 2. The van der Waals surface area contributed by atoms with Gasteiger partial charge in [0.2, 0.25) is 0 Å². The molecule has 0 aliphatic carbocycles. The van der Waals surface area contributed by atoms with E-state index in [1.807, 2.05) is 0 Å². The average molecular weight is 269 g/mol. The summed E-state index contributed by atoms with van der Waals surface area (Å²) < 4.78 is 9.53. The van der Waals surface area contributed by atoms with Crippen LogP contribution in [0.3, 0.4) is 0 Å². The summed E-state index contributed by atoms with van der Waals surface area (Å²) in [4.78, 5) is 2.36. The van der Waals surface area contributed by atoms with Gasteiger partial charge < -0.3 is 15.4 Å². The van der Waals surface area contributed by atoms with Gasteiger partial charge >= 0.3 is 0 Å². The smallest absolute Gasteiger partial charge is 0.197 e. The molecule has 1 aromatic heterocycles. The van der Waals surface area contributed by atoms with Gasteiger partial charge in [0.25, 0.3) is 0 Å². The number of hydrogen-bond donors (Lipinski definition) is 1. The number of aromatic nitrogens is 1. The van der Waals surface area contributed by atoms with E-state index in [4.69, 9.17) is 10.5 Å². The fraction of sp³-hybridized carbons (Fsp3) is 0.769. The van der Waals surface area contributed by atoms with Crippen molar-refractivity contribution in [3.8, 4) is 5.75 Å². The van der Waals surface area contributed by atoms with Crippen LogP contribution >= 0.6 is 11.5 Å². The predicted molar refractivity (Wildman–Crippen MR) is 77.5 cm³/mol. The lowest BCUT2D eigenvalue weighted by Crippen LogP contribution is -2.37. The highest BCUT2D eigenvalue weighted by Gasteiger charge is 2.30. The van der Waals surface area contributed by atoms with Crippen LogP contribution < -0.4 is 15.4 Å². The topological polar surface area (TPSA) is 51.4 Å². The summed E-state index contributed by atoms with van der Waals surface area (Å²) >= 11 is 1.44. The van der Waals surface area contributed by atoms with Crippen molar-refractivity contribution < 1.29 is 4.74 Å². The predicted octanol–water partition coefficient (Wildman–Crippen LogP) is 3.00. The minimum atomic E-state index is 0.406. The molecular weight excluding hydrogens is 246 g/mol. The van der Waals surface area contributed by atoms with Crippen LogP contribution in [0.4, 0.5) is 10.8 Å². The Hall–Kier alpha value is -0.970. The van der Waals surface area contributed by atoms with Crippen LogP contribution in [0.2, 0.25) is 0 Å². The van der Waals surface area contributed by atoms with E-state index in [1.54, 1.807) is 7.11 Å². The largest absolute Gasteiger partial charge is 0.490 e. The fourth-order valence-electron chi connectivity index (χ4n) is 2.63. The van der Waals surface area contributed by atoms with Gasteiger partial charge in [-0.1, -0.05) is 20.8 Å². The summed E-state index contributed by atoms with van der Waals surface area (Å²) in [5.74, 6) is 2.05. The average Bonchev–Trinajstić information content (AvgIpc) is 2.69. The monoisotopic (exact) mass is 269 g/mol. The molecule has 1 saturated heterocycles. The van der Waals surface area contributed by atoms with Gasteiger partial charge in [-0.25, -0.2) is 0 Å². The summed E-state index contributed by atoms with van der Waals surface area (Å²) in [6.45, 7) is 9.13. The van der Waals surface area contributed by atoms with Crippen molar-refractivity contribution in [1.29, 1.82) is 0 Å². The summed E-state index contributed by atoms with van der Waals surface area (Å²) in [5.41, 5.74) is 6.21. The highest BCUT2D eigenvalue weighted by Crippen LogP contribution is 2.41. The fourth-order valence-corrected chi connectivity index (χ4v) is 3.46. The lowest BCUT2D eigenvalue weighted by molar-refractivity contribution is 0.199. The van der Waals surface area contributed by atoms with Crippen molar-refractivity contribution in [3.63, 3.8) is 0 Å². The van der Waals surface area contributed by atoms with Gasteiger partial charge in [0, 0.05) is 13.1 Å². The van der Waals surface area contributed by atoms with Gasteiger partial charge in [-0.3, -0.25) is 0 Å². The Morgan fingerprint density at radius 2 is 1.94 bits per heavy atom. The Balaban J connectivity index is 2.06. The number of hydrogen-bond acceptors (Lipinski definition) is 5. The lowest BCUT2D eigenvalue weighted by atomic mass is 9.75. The zero-order valence-electron chi connectivity index (χ0n) is 11.7. The van der Waals surface area contributed by atoms with Crippen molar-refractivity contribution in [2.24, 2.45) is 11.3 Å². The van der Waals surface area contributed by atoms with E-state index in [0.29, 0.717) is 11.2 Å². The number of piperidine rings is 1. The van der Waals surface area contributed by atoms with Crippen molar-refractivity contribution >= 4 is 22.4 Å². The third kappa shape index (κ3) is 2.55. The van der Waals surface area contributed by atoms with E-state index in [-0.39, 0.29) is 0 Å². The maximum Gasteiger partial charge on any atom is 0.197 e. The molecule has 0 aromatic carbocycles. The minimum Gasteiger partial charge on any atom is -0.490 e. The molecule has 1 aliphatic rings. The van der Waals surface area contributed by atoms with Crippen LogP contribution in [0.25, 0.3) is 0 Å². The SMILES string of the molecule is COc1c(N)nsc1N1CCC(C(C)(C)C)CC1. The van der Waals surface area contributed by atoms with E-state index in [2.05, 4.69) is 30.0 Å². The van der Waals surface area contributed by atoms with E-state index in [1.165, 1.54) is 24.4 Å². The molecule has 0 bridgehead atoms. The molecule has 1 aromatic rings. The number of nitrogens with zero attached hydrogens (tertiary/aromatic N) is 2. The van der Waals surface area contributed by atoms with Crippen LogP contribution in [-0.2, 0) is 0 Å². The third-order valence-electron chi connectivity index (χ3n) is 3.87. The molecule has 2 N–H and O–H groups in total. The summed E-state index contributed by atoms with van der Waals surface area (Å²) in [6.07, 6.45) is 2.45. The van der Waals surface area contributed by atoms with Crippen molar-refractivity contribution in [1.82, 2.24) is 4.37 Å². The second-order valence-electron chi connectivity index (χ2n) is 6.03. The first-order chi connectivity index (χ1) is 8.43. The van der Waals surface area contributed by atoms with Gasteiger partial charge in [0.15, 0.2) is 16.6 Å². The molecule has 5 heteroatoms. The molecule has 0 saturated carbocycles. The first-order valence-corrected chi connectivity index (χ1v) is 7.25. The summed E-state index contributed by atoms with van der Waals surface area (Å²) in [6, 6.07) is 0. The van der Waals surface area contributed by atoms with E-state index in [9.17, 15) is 0 Å². The maximum absolute atomic E-state index is 5.80. The number of ether oxygens (including phenoxy) is 1. The first kappa shape index (κ1) is 13.5. The van der Waals surface area contributed by atoms with Crippen LogP contribution in [0.1, 0.15) is 33.6 Å². The molecule has 0 spiro atoms. The molecule has 1 fully saturated rings. The molecule has 18 heavy (non-hydrogen) atoms. The van der Waals surface area contributed by atoms with Crippen LogP contribution in [0.5, 0.6) is 5.75 Å². The van der Waals surface area contributed by atoms with Gasteiger partial charge in [-0.05, 0) is 35.7 Å². The molecule has 1 aliphatic heterocycles. The molecule has 0 unspecified atom stereocenters. The Labute approximate surface area is 113 Å². The number of nitrogen functional groups attached to an aromatic ring is 1. The molecular formula is C13H23N3OS. The Morgan fingerprint density at radius 3 is 2.44 bits per heavy atom. The normalized spacial score (nSPS) is 18.1. The van der Waals surface area contributed by atoms with E-state index in [0.717, 1.165) is 29.8 Å². The van der Waals surface area contributed by atoms with Crippen LogP contribution in [-0.4, -0.2) is 24.6 Å². The highest BCUT2D eigenvalue weighted by molar-refractivity contribution is 7.11. The second kappa shape index (κ2) is 4.96. The first-order valence-electron chi connectivity index (χ1n) is 6.47. The molecule has 2 heterocycles. The summed E-state index contributed by atoms with van der Waals surface area (Å²) in [7, 11) is 1.66. The maximum atomic E-state index is 5.80. The molecule has 0 atom stereocenters. The molecule has 102 valence electrons. The zero-order valence-corrected chi connectivity index (χ0v) is 12.5. The molecule has 2 rings (SSSR count). The Kier molecular flexibility index (Phi) is 3.71. The van der Waals surface area contributed by atoms with Crippen molar-refractivity contribution in [2.45, 2.75) is 33.6 Å². The van der Waals surface area contributed by atoms with Gasteiger partial charge in [-0.15, -0.1) is 0 Å². The Bertz CT molecular complexity index is 403. The molecule has 4 nitrogen and oxygen atoms in total. The Morgan fingerprint density at radius 1 is 1.33 bits per heavy atom. The highest BCUT2D eigenvalue weighted by atomic mass is 32.1. The minimum absolute atomic E-state index is 0.406. The van der Waals surface area contributed by atoms with Gasteiger partial charge in [-0.2, -0.15) is 4.37 Å². The number of nitrogens with two attached hydrogens (primary N) is 1. The number of methoxy groups -OCH3 is 1. The quantitative estimate of drug-likeness (QED) is 0.896. The van der Waals surface area contributed by atoms with Crippen LogP contribution in [0, 0.1) is 11.3 Å². The van der Waals surface area contributed by atoms with Crippen LogP contribution in [0.15, 0.2) is 0 Å². The second-order valence-corrected chi connectivity index (χ2v) is 6.79. The number of rotatable bonds is 2.